The Bertz CT molecular complexity index is 989. The van der Waals surface area contributed by atoms with Crippen LogP contribution in [0.15, 0.2) is 12.3 Å². The van der Waals surface area contributed by atoms with E-state index in [4.69, 9.17) is 0 Å². The predicted octanol–water partition coefficient (Wildman–Crippen LogP) is 3.08. The zero-order chi connectivity index (χ0) is 20.3. The maximum atomic E-state index is 14.3. The molecule has 0 spiro atoms. The lowest BCUT2D eigenvalue weighted by atomic mass is 9.97. The number of amides is 1. The number of ether oxygens (including phenoxy) is 1. The van der Waals surface area contributed by atoms with E-state index in [0.29, 0.717) is 25.1 Å². The zero-order valence-electron chi connectivity index (χ0n) is 15.1. The fraction of sp³-hybridized carbons (Fsp3) is 0.500. The zero-order valence-corrected chi connectivity index (χ0v) is 15.1. The molecule has 1 saturated heterocycles. The number of halogens is 4. The van der Waals surface area contributed by atoms with Gasteiger partial charge in [-0.15, -0.1) is 0 Å². The molecule has 154 valence electrons. The fourth-order valence-corrected chi connectivity index (χ4v) is 4.39. The third-order valence-corrected chi connectivity index (χ3v) is 5.63. The van der Waals surface area contributed by atoms with E-state index in [0.717, 1.165) is 17.7 Å². The molecule has 0 aromatic carbocycles. The van der Waals surface area contributed by atoms with E-state index in [1.165, 1.54) is 12.3 Å². The monoisotopic (exact) mass is 411 g/mol. The summed E-state index contributed by atoms with van der Waals surface area (Å²) in [7, 11) is 0. The van der Waals surface area contributed by atoms with Crippen LogP contribution in [0.5, 0.6) is 0 Å². The summed E-state index contributed by atoms with van der Waals surface area (Å²) < 4.78 is 61.5. The molecule has 0 saturated carbocycles. The van der Waals surface area contributed by atoms with Crippen LogP contribution in [0.1, 0.15) is 35.4 Å². The summed E-state index contributed by atoms with van der Waals surface area (Å²) in [5.41, 5.74) is 1.95. The molecular formula is C18H17F4N5O2. The van der Waals surface area contributed by atoms with Gasteiger partial charge in [-0.1, -0.05) is 0 Å². The summed E-state index contributed by atoms with van der Waals surface area (Å²) in [6.07, 6.45) is -6.11. The molecular weight excluding hydrogens is 394 g/mol. The van der Waals surface area contributed by atoms with Gasteiger partial charge in [0.1, 0.15) is 12.0 Å². The van der Waals surface area contributed by atoms with Crippen LogP contribution in [-0.4, -0.2) is 46.3 Å². The average Bonchev–Trinajstić information content (AvgIpc) is 3.36. The molecule has 1 aliphatic carbocycles. The number of hydrogen-bond donors (Lipinski definition) is 2. The van der Waals surface area contributed by atoms with Gasteiger partial charge >= 0.3 is 12.3 Å². The van der Waals surface area contributed by atoms with Crippen molar-refractivity contribution in [3.05, 3.63) is 29.1 Å². The van der Waals surface area contributed by atoms with E-state index >= 15 is 0 Å². The molecule has 3 atom stereocenters. The van der Waals surface area contributed by atoms with Crippen molar-refractivity contribution in [1.29, 1.82) is 0 Å². The molecule has 2 N–H and O–H groups in total. The summed E-state index contributed by atoms with van der Waals surface area (Å²) in [5, 5.41) is 9.76. The Labute approximate surface area is 162 Å². The first-order valence-corrected chi connectivity index (χ1v) is 9.33. The smallest absolute Gasteiger partial charge is 0.430 e. The van der Waals surface area contributed by atoms with Gasteiger partial charge in [0.25, 0.3) is 0 Å². The van der Waals surface area contributed by atoms with Gasteiger partial charge in [0, 0.05) is 36.1 Å². The second kappa shape index (κ2) is 6.41. The molecule has 7 nitrogen and oxygen atoms in total. The van der Waals surface area contributed by atoms with E-state index in [1.807, 2.05) is 0 Å². The Morgan fingerprint density at radius 3 is 2.79 bits per heavy atom. The van der Waals surface area contributed by atoms with Gasteiger partial charge in [-0.3, -0.25) is 10.00 Å². The molecule has 11 heteroatoms. The quantitative estimate of drug-likeness (QED) is 0.743. The molecule has 1 fully saturated rings. The number of anilines is 1. The normalized spacial score (nSPS) is 26.1. The van der Waals surface area contributed by atoms with Gasteiger partial charge < -0.3 is 10.1 Å². The van der Waals surface area contributed by atoms with Gasteiger partial charge in [0.2, 0.25) is 6.10 Å². The summed E-state index contributed by atoms with van der Waals surface area (Å²) in [6.45, 7) is 0.628. The maximum absolute atomic E-state index is 14.3. The first kappa shape index (κ1) is 18.3. The molecule has 3 aliphatic rings. The van der Waals surface area contributed by atoms with Crippen molar-refractivity contribution in [2.45, 2.75) is 43.8 Å². The Kier molecular flexibility index (Phi) is 4.05. The molecule has 0 bridgehead atoms. The van der Waals surface area contributed by atoms with Crippen LogP contribution in [0.25, 0.3) is 11.3 Å². The van der Waals surface area contributed by atoms with Crippen molar-refractivity contribution in [2.75, 3.05) is 18.4 Å². The highest BCUT2D eigenvalue weighted by Crippen LogP contribution is 2.47. The molecule has 2 aliphatic heterocycles. The van der Waals surface area contributed by atoms with Crippen molar-refractivity contribution in [3.63, 3.8) is 0 Å². The van der Waals surface area contributed by atoms with Crippen LogP contribution in [-0.2, 0) is 17.6 Å². The second-order valence-corrected chi connectivity index (χ2v) is 7.39. The molecule has 0 unspecified atom stereocenters. The molecule has 29 heavy (non-hydrogen) atoms. The van der Waals surface area contributed by atoms with Crippen molar-refractivity contribution in [1.82, 2.24) is 20.1 Å². The Hall–Kier alpha value is -2.69. The van der Waals surface area contributed by atoms with Gasteiger partial charge in [0.05, 0.1) is 17.3 Å². The fourth-order valence-electron chi connectivity index (χ4n) is 4.39. The van der Waals surface area contributed by atoms with Crippen LogP contribution in [0, 0.1) is 0 Å². The van der Waals surface area contributed by atoms with Gasteiger partial charge in [-0.05, 0) is 25.3 Å². The Morgan fingerprint density at radius 2 is 2.07 bits per heavy atom. The molecule has 5 rings (SSSR count). The maximum Gasteiger partial charge on any atom is 0.430 e. The average molecular weight is 411 g/mol. The van der Waals surface area contributed by atoms with Crippen molar-refractivity contribution in [3.8, 4) is 11.3 Å². The van der Waals surface area contributed by atoms with E-state index in [-0.39, 0.29) is 23.5 Å². The Balaban J connectivity index is 1.69. The lowest BCUT2D eigenvalue weighted by Crippen LogP contribution is -2.34. The molecule has 2 aromatic heterocycles. The minimum atomic E-state index is -4.81. The predicted molar refractivity (Wildman–Crippen MR) is 93.2 cm³/mol. The van der Waals surface area contributed by atoms with Crippen LogP contribution in [0.2, 0.25) is 0 Å². The van der Waals surface area contributed by atoms with Crippen LogP contribution < -0.4 is 10.6 Å². The van der Waals surface area contributed by atoms with E-state index in [9.17, 15) is 22.4 Å². The number of nitrogens with one attached hydrogen (secondary N) is 2. The van der Waals surface area contributed by atoms with Crippen LogP contribution in [0.3, 0.4) is 0 Å². The number of nitrogens with zero attached hydrogens (tertiary/aromatic N) is 3. The highest BCUT2D eigenvalue weighted by Gasteiger charge is 2.49. The van der Waals surface area contributed by atoms with Gasteiger partial charge in [-0.25, -0.2) is 14.2 Å². The highest BCUT2D eigenvalue weighted by molar-refractivity contribution is 5.89. The first-order valence-electron chi connectivity index (χ1n) is 9.33. The van der Waals surface area contributed by atoms with Crippen molar-refractivity contribution in [2.24, 2.45) is 0 Å². The minimum Gasteiger partial charge on any atom is -0.431 e. The topological polar surface area (TPSA) is 81.1 Å². The number of rotatable bonds is 2. The molecule has 0 radical (unpaired) electrons. The number of fused-ring (bicyclic) bond motifs is 2. The number of carbonyl (C=O) groups excluding carboxylic acids is 1. The highest BCUT2D eigenvalue weighted by atomic mass is 19.4. The number of aromatic nitrogens is 3. The molecule has 4 heterocycles. The lowest BCUT2D eigenvalue weighted by Gasteiger charge is -2.28. The molecule has 2 aromatic rings. The number of alkyl halides is 4. The minimum absolute atomic E-state index is 0.190. The van der Waals surface area contributed by atoms with Gasteiger partial charge in [0.15, 0.2) is 0 Å². The number of pyridine rings is 1. The lowest BCUT2D eigenvalue weighted by molar-refractivity contribution is -0.206. The SMILES string of the molecule is O=C1Nc2nccc(-c3nn([C@@H]4CNC[C@@H]4F)c4c3CCC4)c2[C@H](C(F)(F)F)O1. The number of hydrogen-bond acceptors (Lipinski definition) is 5. The summed E-state index contributed by atoms with van der Waals surface area (Å²) >= 11 is 0. The summed E-state index contributed by atoms with van der Waals surface area (Å²) in [4.78, 5) is 15.5. The third kappa shape index (κ3) is 2.86. The molecule has 1 amide bonds. The van der Waals surface area contributed by atoms with Crippen molar-refractivity contribution >= 4 is 11.9 Å². The summed E-state index contributed by atoms with van der Waals surface area (Å²) in [5.74, 6) is -0.201. The number of carbonyl (C=O) groups is 1. The van der Waals surface area contributed by atoms with E-state index < -0.39 is 30.6 Å². The number of cyclic esters (lactones) is 1. The van der Waals surface area contributed by atoms with E-state index in [1.54, 1.807) is 4.68 Å². The third-order valence-electron chi connectivity index (χ3n) is 5.63. The van der Waals surface area contributed by atoms with Crippen LogP contribution in [0.4, 0.5) is 28.2 Å². The van der Waals surface area contributed by atoms with Crippen LogP contribution >= 0.6 is 0 Å². The first-order chi connectivity index (χ1) is 13.8. The Morgan fingerprint density at radius 1 is 1.24 bits per heavy atom. The second-order valence-electron chi connectivity index (χ2n) is 7.39. The van der Waals surface area contributed by atoms with Crippen molar-refractivity contribution < 1.29 is 27.1 Å². The largest absolute Gasteiger partial charge is 0.431 e. The standard InChI is InChI=1S/C18H17F4N5O2/c19-10-6-23-7-12(10)27-11-3-1-2-8(11)14(26-27)9-4-5-24-16-13(9)15(18(20,21)22)29-17(28)25-16/h4-5,10,12,15,23H,1-3,6-7H2,(H,24,25,28)/t10-,12+,15+/m0/s1. The summed E-state index contributed by atoms with van der Waals surface area (Å²) in [6, 6.07) is 0.936. The van der Waals surface area contributed by atoms with Gasteiger partial charge in [-0.2, -0.15) is 18.3 Å². The van der Waals surface area contributed by atoms with E-state index in [2.05, 4.69) is 25.5 Å².